The number of aliphatic carboxylic acids is 1. The molecule has 98 valence electrons. The molecular formula is C13H23NO3. The smallest absolute Gasteiger partial charge is 0.308 e. The zero-order chi connectivity index (χ0) is 12.3. The van der Waals surface area contributed by atoms with Gasteiger partial charge in [-0.2, -0.15) is 0 Å². The minimum Gasteiger partial charge on any atom is -0.481 e. The van der Waals surface area contributed by atoms with Crippen LogP contribution in [0.4, 0.5) is 0 Å². The molecular weight excluding hydrogens is 218 g/mol. The summed E-state index contributed by atoms with van der Waals surface area (Å²) >= 11 is 0. The first-order valence-corrected chi connectivity index (χ1v) is 6.72. The Kier molecular flexibility index (Phi) is 4.40. The number of likely N-dealkylation sites (N-methyl/N-ethyl adjacent to an activating group) is 1. The first kappa shape index (κ1) is 12.8. The van der Waals surface area contributed by atoms with Crippen LogP contribution in [0.3, 0.4) is 0 Å². The predicted octanol–water partition coefficient (Wildman–Crippen LogP) is 1.74. The van der Waals surface area contributed by atoms with Crippen molar-refractivity contribution in [3.05, 3.63) is 0 Å². The van der Waals surface area contributed by atoms with Gasteiger partial charge >= 0.3 is 5.97 Å². The molecule has 1 saturated heterocycles. The van der Waals surface area contributed by atoms with E-state index < -0.39 is 5.97 Å². The molecule has 0 aromatic heterocycles. The standard InChI is InChI=1S/C13H23NO3/c1-14(10-7-8-17-9-10)12-6-4-2-3-5-11(12)13(15)16/h10-12H,2-9H2,1H3,(H,15,16). The van der Waals surface area contributed by atoms with Gasteiger partial charge in [-0.15, -0.1) is 0 Å². The lowest BCUT2D eigenvalue weighted by molar-refractivity contribution is -0.144. The molecule has 2 fully saturated rings. The Bertz CT molecular complexity index is 263. The quantitative estimate of drug-likeness (QED) is 0.765. The van der Waals surface area contributed by atoms with Gasteiger partial charge in [-0.25, -0.2) is 0 Å². The lowest BCUT2D eigenvalue weighted by Gasteiger charge is -2.35. The number of nitrogens with zero attached hydrogens (tertiary/aromatic N) is 1. The minimum atomic E-state index is -0.623. The molecule has 0 bridgehead atoms. The number of hydrogen-bond acceptors (Lipinski definition) is 3. The average molecular weight is 241 g/mol. The fraction of sp³-hybridized carbons (Fsp3) is 0.923. The van der Waals surface area contributed by atoms with Crippen molar-refractivity contribution in [2.45, 2.75) is 50.6 Å². The highest BCUT2D eigenvalue weighted by Crippen LogP contribution is 2.29. The first-order chi connectivity index (χ1) is 8.20. The van der Waals surface area contributed by atoms with Crippen LogP contribution in [-0.4, -0.2) is 48.3 Å². The summed E-state index contributed by atoms with van der Waals surface area (Å²) in [5, 5.41) is 9.37. The van der Waals surface area contributed by atoms with Crippen molar-refractivity contribution in [1.29, 1.82) is 0 Å². The molecule has 1 heterocycles. The summed E-state index contributed by atoms with van der Waals surface area (Å²) in [5.74, 6) is -0.814. The van der Waals surface area contributed by atoms with E-state index in [0.717, 1.165) is 45.3 Å². The maximum absolute atomic E-state index is 11.4. The van der Waals surface area contributed by atoms with Crippen molar-refractivity contribution in [1.82, 2.24) is 4.90 Å². The van der Waals surface area contributed by atoms with Gasteiger partial charge in [0.2, 0.25) is 0 Å². The Labute approximate surface area is 103 Å². The van der Waals surface area contributed by atoms with E-state index >= 15 is 0 Å². The van der Waals surface area contributed by atoms with Crippen molar-refractivity contribution >= 4 is 5.97 Å². The topological polar surface area (TPSA) is 49.8 Å². The normalized spacial score (nSPS) is 34.8. The van der Waals surface area contributed by atoms with Gasteiger partial charge in [-0.05, 0) is 26.3 Å². The Balaban J connectivity index is 2.05. The van der Waals surface area contributed by atoms with Gasteiger partial charge in [-0.3, -0.25) is 9.69 Å². The highest BCUT2D eigenvalue weighted by Gasteiger charge is 2.35. The predicted molar refractivity (Wildman–Crippen MR) is 65.0 cm³/mol. The maximum Gasteiger partial charge on any atom is 0.308 e. The Hall–Kier alpha value is -0.610. The van der Waals surface area contributed by atoms with Crippen LogP contribution in [0.2, 0.25) is 0 Å². The number of hydrogen-bond donors (Lipinski definition) is 1. The Morgan fingerprint density at radius 3 is 2.65 bits per heavy atom. The molecule has 4 nitrogen and oxygen atoms in total. The van der Waals surface area contributed by atoms with E-state index in [1.54, 1.807) is 0 Å². The lowest BCUT2D eigenvalue weighted by atomic mass is 9.92. The van der Waals surface area contributed by atoms with Crippen molar-refractivity contribution in [2.24, 2.45) is 5.92 Å². The molecule has 2 rings (SSSR count). The molecule has 0 aromatic carbocycles. The fourth-order valence-corrected chi connectivity index (χ4v) is 3.18. The van der Waals surface area contributed by atoms with Crippen LogP contribution >= 0.6 is 0 Å². The highest BCUT2D eigenvalue weighted by molar-refractivity contribution is 5.70. The summed E-state index contributed by atoms with van der Waals surface area (Å²) in [6, 6.07) is 0.613. The molecule has 4 heteroatoms. The Morgan fingerprint density at radius 2 is 2.00 bits per heavy atom. The minimum absolute atomic E-state index is 0.192. The van der Waals surface area contributed by atoms with Gasteiger partial charge in [0, 0.05) is 18.7 Å². The van der Waals surface area contributed by atoms with E-state index in [9.17, 15) is 9.90 Å². The molecule has 1 saturated carbocycles. The van der Waals surface area contributed by atoms with Crippen molar-refractivity contribution in [3.8, 4) is 0 Å². The molecule has 1 aliphatic carbocycles. The van der Waals surface area contributed by atoms with Gasteiger partial charge in [0.1, 0.15) is 0 Å². The largest absolute Gasteiger partial charge is 0.481 e. The van der Waals surface area contributed by atoms with Gasteiger partial charge in [0.25, 0.3) is 0 Å². The fourth-order valence-electron chi connectivity index (χ4n) is 3.18. The summed E-state index contributed by atoms with van der Waals surface area (Å²) < 4.78 is 5.41. The molecule has 3 atom stereocenters. The molecule has 0 amide bonds. The number of rotatable bonds is 3. The maximum atomic E-state index is 11.4. The van der Waals surface area contributed by atoms with E-state index in [0.29, 0.717) is 6.04 Å². The van der Waals surface area contributed by atoms with Gasteiger partial charge < -0.3 is 9.84 Å². The second-order valence-electron chi connectivity index (χ2n) is 5.33. The zero-order valence-electron chi connectivity index (χ0n) is 10.6. The third-order valence-corrected chi connectivity index (χ3v) is 4.30. The number of carboxylic acids is 1. The van der Waals surface area contributed by atoms with E-state index in [2.05, 4.69) is 11.9 Å². The second kappa shape index (κ2) is 5.83. The summed E-state index contributed by atoms with van der Waals surface area (Å²) in [4.78, 5) is 13.7. The number of ether oxygens (including phenoxy) is 1. The summed E-state index contributed by atoms with van der Waals surface area (Å²) in [6.45, 7) is 1.58. The molecule has 0 aromatic rings. The molecule has 0 spiro atoms. The van der Waals surface area contributed by atoms with Crippen LogP contribution in [0.1, 0.15) is 38.5 Å². The van der Waals surface area contributed by atoms with Crippen molar-refractivity contribution in [2.75, 3.05) is 20.3 Å². The van der Waals surface area contributed by atoms with Crippen molar-refractivity contribution < 1.29 is 14.6 Å². The summed E-state index contributed by atoms with van der Waals surface area (Å²) in [5.41, 5.74) is 0. The molecule has 0 radical (unpaired) electrons. The molecule has 1 N–H and O–H groups in total. The van der Waals surface area contributed by atoms with E-state index in [4.69, 9.17) is 4.74 Å². The zero-order valence-corrected chi connectivity index (χ0v) is 10.6. The van der Waals surface area contributed by atoms with Crippen LogP contribution in [-0.2, 0) is 9.53 Å². The SMILES string of the molecule is CN(C1CCOC1)C1CCCCCC1C(=O)O. The van der Waals surface area contributed by atoms with E-state index in [1.165, 1.54) is 6.42 Å². The van der Waals surface area contributed by atoms with Crippen LogP contribution in [0.5, 0.6) is 0 Å². The molecule has 2 aliphatic rings. The number of carboxylic acid groups (broad SMARTS) is 1. The van der Waals surface area contributed by atoms with E-state index in [-0.39, 0.29) is 12.0 Å². The van der Waals surface area contributed by atoms with Crippen molar-refractivity contribution in [3.63, 3.8) is 0 Å². The van der Waals surface area contributed by atoms with Crippen LogP contribution in [0.15, 0.2) is 0 Å². The molecule has 17 heavy (non-hydrogen) atoms. The highest BCUT2D eigenvalue weighted by atomic mass is 16.5. The Morgan fingerprint density at radius 1 is 1.24 bits per heavy atom. The van der Waals surface area contributed by atoms with Gasteiger partial charge in [0.05, 0.1) is 12.5 Å². The summed E-state index contributed by atoms with van der Waals surface area (Å²) in [7, 11) is 2.07. The van der Waals surface area contributed by atoms with Crippen LogP contribution < -0.4 is 0 Å². The number of carbonyl (C=O) groups is 1. The van der Waals surface area contributed by atoms with Gasteiger partial charge in [-0.1, -0.05) is 19.3 Å². The third kappa shape index (κ3) is 2.99. The second-order valence-corrected chi connectivity index (χ2v) is 5.33. The monoisotopic (exact) mass is 241 g/mol. The first-order valence-electron chi connectivity index (χ1n) is 6.72. The van der Waals surface area contributed by atoms with Crippen LogP contribution in [0, 0.1) is 5.92 Å². The third-order valence-electron chi connectivity index (χ3n) is 4.30. The van der Waals surface area contributed by atoms with Crippen LogP contribution in [0.25, 0.3) is 0 Å². The lowest BCUT2D eigenvalue weighted by Crippen LogP contribution is -2.46. The average Bonchev–Trinajstić information content (AvgIpc) is 2.71. The molecule has 3 unspecified atom stereocenters. The van der Waals surface area contributed by atoms with E-state index in [1.807, 2.05) is 0 Å². The van der Waals surface area contributed by atoms with Gasteiger partial charge in [0.15, 0.2) is 0 Å². The summed E-state index contributed by atoms with van der Waals surface area (Å²) in [6.07, 6.45) is 6.28. The molecule has 1 aliphatic heterocycles.